The molecule has 0 saturated heterocycles. The molecule has 15 heavy (non-hydrogen) atoms. The fraction of sp³-hybridized carbons (Fsp3) is 0.167. The van der Waals surface area contributed by atoms with E-state index in [2.05, 4.69) is 0 Å². The lowest BCUT2D eigenvalue weighted by molar-refractivity contribution is -0.502. The van der Waals surface area contributed by atoms with Crippen molar-refractivity contribution in [2.45, 2.75) is 6.04 Å². The van der Waals surface area contributed by atoms with Crippen molar-refractivity contribution in [3.05, 3.63) is 43.8 Å². The quantitative estimate of drug-likeness (QED) is 0.466. The highest BCUT2D eigenvalue weighted by Gasteiger charge is 2.44. The predicted octanol–water partition coefficient (Wildman–Crippen LogP) is -0.762. The van der Waals surface area contributed by atoms with Gasteiger partial charge in [-0.25, -0.2) is 0 Å². The van der Waals surface area contributed by atoms with Gasteiger partial charge in [-0.05, 0) is 6.08 Å². The van der Waals surface area contributed by atoms with Crippen LogP contribution < -0.4 is 5.48 Å². The molecule has 1 aliphatic rings. The summed E-state index contributed by atoms with van der Waals surface area (Å²) in [7, 11) is 0. The molecule has 0 spiro atoms. The monoisotopic (exact) mass is 215 g/mol. The van der Waals surface area contributed by atoms with Crippen LogP contribution in [-0.4, -0.2) is 26.9 Å². The van der Waals surface area contributed by atoms with Gasteiger partial charge in [-0.1, -0.05) is 0 Å². The van der Waals surface area contributed by atoms with Crippen molar-refractivity contribution in [1.29, 1.82) is 0 Å². The molecule has 9 nitrogen and oxygen atoms in total. The molecule has 0 aromatic carbocycles. The van der Waals surface area contributed by atoms with Crippen LogP contribution in [-0.2, 0) is 4.79 Å². The predicted molar refractivity (Wildman–Crippen MR) is 43.9 cm³/mol. The van der Waals surface area contributed by atoms with Crippen LogP contribution in [0.3, 0.4) is 0 Å². The zero-order valence-electron chi connectivity index (χ0n) is 7.11. The highest BCUT2D eigenvalue weighted by molar-refractivity contribution is 5.99. The average Bonchev–Trinajstić information content (AvgIpc) is 2.15. The van der Waals surface area contributed by atoms with Crippen molar-refractivity contribution in [3.63, 3.8) is 0 Å². The Bertz CT molecular complexity index is 398. The molecule has 0 heterocycles. The second-order valence-corrected chi connectivity index (χ2v) is 2.59. The average molecular weight is 215 g/mol. The molecule has 9 heteroatoms. The van der Waals surface area contributed by atoms with E-state index < -0.39 is 33.1 Å². The summed E-state index contributed by atoms with van der Waals surface area (Å²) in [5.41, 5.74) is 0.171. The van der Waals surface area contributed by atoms with Crippen LogP contribution in [0.2, 0.25) is 0 Å². The van der Waals surface area contributed by atoms with E-state index in [9.17, 15) is 25.0 Å². The number of hydrogen-bond acceptors (Lipinski definition) is 7. The summed E-state index contributed by atoms with van der Waals surface area (Å²) in [6.45, 7) is 0. The van der Waals surface area contributed by atoms with Gasteiger partial charge < -0.3 is 0 Å². The molecule has 0 bridgehead atoms. The third-order valence-corrected chi connectivity index (χ3v) is 1.75. The van der Waals surface area contributed by atoms with Crippen LogP contribution in [0, 0.1) is 20.2 Å². The van der Waals surface area contributed by atoms with Crippen molar-refractivity contribution in [2.24, 2.45) is 0 Å². The molecule has 0 aliphatic heterocycles. The van der Waals surface area contributed by atoms with E-state index >= 15 is 0 Å². The first-order valence-electron chi connectivity index (χ1n) is 3.63. The Balaban J connectivity index is 3.17. The molecular formula is C6H5N3O6. The molecule has 0 saturated carbocycles. The second-order valence-electron chi connectivity index (χ2n) is 2.59. The van der Waals surface area contributed by atoms with Gasteiger partial charge in [0, 0.05) is 11.0 Å². The van der Waals surface area contributed by atoms with Crippen molar-refractivity contribution < 1.29 is 19.8 Å². The summed E-state index contributed by atoms with van der Waals surface area (Å²) in [6.07, 6.45) is 1.70. The zero-order chi connectivity index (χ0) is 11.6. The van der Waals surface area contributed by atoms with Crippen molar-refractivity contribution in [1.82, 2.24) is 5.48 Å². The topological polar surface area (TPSA) is 136 Å². The lowest BCUT2D eigenvalue weighted by atomic mass is 10.0. The minimum absolute atomic E-state index is 0.407. The third kappa shape index (κ3) is 1.81. The maximum Gasteiger partial charge on any atom is 0.322 e. The maximum atomic E-state index is 11.2. The number of allylic oxidation sites excluding steroid dienone is 2. The molecule has 0 radical (unpaired) electrons. The van der Waals surface area contributed by atoms with E-state index in [-0.39, 0.29) is 0 Å². The molecule has 1 aliphatic carbocycles. The molecule has 1 rings (SSSR count). The Labute approximate surface area is 81.9 Å². The fourth-order valence-corrected chi connectivity index (χ4v) is 1.08. The molecule has 2 N–H and O–H groups in total. The van der Waals surface area contributed by atoms with Gasteiger partial charge in [-0.2, -0.15) is 0 Å². The number of hydrogen-bond donors (Lipinski definition) is 2. The molecule has 0 aromatic heterocycles. The van der Waals surface area contributed by atoms with E-state index in [4.69, 9.17) is 5.21 Å². The number of nitrogens with one attached hydrogen (secondary N) is 1. The largest absolute Gasteiger partial charge is 0.322 e. The van der Waals surface area contributed by atoms with Crippen molar-refractivity contribution in [3.8, 4) is 0 Å². The van der Waals surface area contributed by atoms with Crippen LogP contribution >= 0.6 is 0 Å². The molecule has 0 fully saturated rings. The second kappa shape index (κ2) is 3.84. The molecule has 0 aromatic rings. The fourth-order valence-electron chi connectivity index (χ4n) is 1.08. The molecule has 1 atom stereocenters. The van der Waals surface area contributed by atoms with Crippen molar-refractivity contribution >= 4 is 5.78 Å². The normalized spacial score (nSPS) is 20.3. The Morgan fingerprint density at radius 1 is 1.33 bits per heavy atom. The van der Waals surface area contributed by atoms with E-state index in [0.29, 0.717) is 0 Å². The van der Waals surface area contributed by atoms with Crippen LogP contribution in [0.4, 0.5) is 0 Å². The number of ketones is 1. The standard InChI is InChI=1S/C6H5N3O6/c10-6-4(8(12)13)2-1-3(7-11)5(6)9(14)15/h1-2,5,7,11H. The minimum atomic E-state index is -1.96. The van der Waals surface area contributed by atoms with Gasteiger partial charge in [0.15, 0.2) is 0 Å². The summed E-state index contributed by atoms with van der Waals surface area (Å²) in [4.78, 5) is 30.0. The van der Waals surface area contributed by atoms with Gasteiger partial charge in [0.1, 0.15) is 5.70 Å². The highest BCUT2D eigenvalue weighted by Crippen LogP contribution is 2.16. The Morgan fingerprint density at radius 2 is 1.93 bits per heavy atom. The van der Waals surface area contributed by atoms with Crippen LogP contribution in [0.15, 0.2) is 23.5 Å². The summed E-state index contributed by atoms with van der Waals surface area (Å²) < 4.78 is 0. The molecule has 80 valence electrons. The van der Waals surface area contributed by atoms with Gasteiger partial charge in [-0.3, -0.25) is 35.7 Å². The first-order valence-corrected chi connectivity index (χ1v) is 3.63. The number of carbonyl (C=O) groups is 1. The van der Waals surface area contributed by atoms with E-state index in [1.54, 1.807) is 0 Å². The summed E-state index contributed by atoms with van der Waals surface area (Å²) in [5, 5.41) is 29.2. The third-order valence-electron chi connectivity index (χ3n) is 1.75. The van der Waals surface area contributed by atoms with Crippen LogP contribution in [0.25, 0.3) is 0 Å². The SMILES string of the molecule is O=C1C([N+](=O)[O-])=CC=C(NO)C1[N+](=O)[O-]. The first kappa shape index (κ1) is 10.8. The number of Topliss-reactive ketones (excluding diaryl/α,β-unsaturated/α-hetero) is 1. The summed E-state index contributed by atoms with van der Waals surface area (Å²) >= 11 is 0. The Hall–Kier alpha value is -2.29. The van der Waals surface area contributed by atoms with Gasteiger partial charge in [-0.15, -0.1) is 0 Å². The summed E-state index contributed by atoms with van der Waals surface area (Å²) in [6, 6.07) is -1.96. The molecule has 1 unspecified atom stereocenters. The van der Waals surface area contributed by atoms with E-state index in [1.807, 2.05) is 0 Å². The molecular weight excluding hydrogens is 210 g/mol. The van der Waals surface area contributed by atoms with Crippen LogP contribution in [0.5, 0.6) is 0 Å². The first-order chi connectivity index (χ1) is 6.99. The zero-order valence-corrected chi connectivity index (χ0v) is 7.11. The smallest absolute Gasteiger partial charge is 0.291 e. The van der Waals surface area contributed by atoms with Crippen molar-refractivity contribution in [2.75, 3.05) is 0 Å². The van der Waals surface area contributed by atoms with Gasteiger partial charge >= 0.3 is 17.5 Å². The van der Waals surface area contributed by atoms with E-state index in [1.165, 1.54) is 5.48 Å². The number of nitrogens with zero attached hydrogens (tertiary/aromatic N) is 2. The van der Waals surface area contributed by atoms with Gasteiger partial charge in [0.2, 0.25) is 0 Å². The van der Waals surface area contributed by atoms with Gasteiger partial charge in [0.25, 0.3) is 0 Å². The highest BCUT2D eigenvalue weighted by atomic mass is 16.6. The number of carbonyl (C=O) groups excluding carboxylic acids is 1. The summed E-state index contributed by atoms with van der Waals surface area (Å²) in [5.74, 6) is -1.27. The lowest BCUT2D eigenvalue weighted by Crippen LogP contribution is -2.40. The number of rotatable bonds is 3. The lowest BCUT2D eigenvalue weighted by Gasteiger charge is -2.12. The minimum Gasteiger partial charge on any atom is -0.291 e. The number of nitro groups is 2. The Kier molecular flexibility index (Phi) is 2.76. The Morgan fingerprint density at radius 3 is 2.33 bits per heavy atom. The number of hydroxylamine groups is 1. The maximum absolute atomic E-state index is 11.2. The molecule has 0 amide bonds. The van der Waals surface area contributed by atoms with Gasteiger partial charge in [0.05, 0.1) is 4.92 Å². The van der Waals surface area contributed by atoms with E-state index in [0.717, 1.165) is 12.2 Å². The van der Waals surface area contributed by atoms with Crippen LogP contribution in [0.1, 0.15) is 0 Å².